The fourth-order valence-electron chi connectivity index (χ4n) is 2.83. The quantitative estimate of drug-likeness (QED) is 0.809. The Kier molecular flexibility index (Phi) is 5.96. The van der Waals surface area contributed by atoms with Gasteiger partial charge in [0.2, 0.25) is 0 Å². The summed E-state index contributed by atoms with van der Waals surface area (Å²) >= 11 is 0. The fraction of sp³-hybridized carbons (Fsp3) is 0.421. The maximum absolute atomic E-state index is 12.7. The molecule has 0 radical (unpaired) electrons. The molecule has 2 rings (SSSR count). The predicted octanol–water partition coefficient (Wildman–Crippen LogP) is 3.10. The van der Waals surface area contributed by atoms with Crippen LogP contribution in [0, 0.1) is 19.8 Å². The van der Waals surface area contributed by atoms with Crippen molar-refractivity contribution >= 4 is 11.9 Å². The first-order chi connectivity index (χ1) is 11.8. The highest BCUT2D eigenvalue weighted by atomic mass is 16.4. The van der Waals surface area contributed by atoms with Crippen molar-refractivity contribution in [3.8, 4) is 0 Å². The second kappa shape index (κ2) is 7.96. The zero-order chi connectivity index (χ0) is 18.6. The van der Waals surface area contributed by atoms with Crippen LogP contribution in [0.4, 0.5) is 0 Å². The van der Waals surface area contributed by atoms with E-state index in [9.17, 15) is 14.7 Å². The first-order valence-corrected chi connectivity index (χ1v) is 8.40. The van der Waals surface area contributed by atoms with E-state index < -0.39 is 12.0 Å². The Hall–Kier alpha value is -2.63. The lowest BCUT2D eigenvalue weighted by molar-refractivity contribution is -0.137. The van der Waals surface area contributed by atoms with E-state index in [4.69, 9.17) is 0 Å². The number of aromatic nitrogens is 2. The van der Waals surface area contributed by atoms with Crippen LogP contribution in [0.3, 0.4) is 0 Å². The zero-order valence-corrected chi connectivity index (χ0v) is 15.1. The number of carbonyl (C=O) groups excluding carboxylic acids is 1. The maximum atomic E-state index is 12.7. The molecular formula is C19H25N3O3. The molecule has 1 heterocycles. The van der Waals surface area contributed by atoms with Gasteiger partial charge in [-0.05, 0) is 30.9 Å². The van der Waals surface area contributed by atoms with Gasteiger partial charge in [-0.1, -0.05) is 38.1 Å². The van der Waals surface area contributed by atoms with Crippen molar-refractivity contribution in [2.45, 2.75) is 46.7 Å². The van der Waals surface area contributed by atoms with Gasteiger partial charge < -0.3 is 10.4 Å². The van der Waals surface area contributed by atoms with Gasteiger partial charge in [-0.3, -0.25) is 14.3 Å². The van der Waals surface area contributed by atoms with Gasteiger partial charge in [0.25, 0.3) is 5.91 Å². The van der Waals surface area contributed by atoms with Gasteiger partial charge in [-0.25, -0.2) is 0 Å². The Bertz CT molecular complexity index is 765. The molecule has 1 unspecified atom stereocenters. The molecule has 0 aliphatic carbocycles. The molecule has 6 heteroatoms. The van der Waals surface area contributed by atoms with Crippen molar-refractivity contribution in [2.75, 3.05) is 0 Å². The average Bonchev–Trinajstić information content (AvgIpc) is 2.87. The third-order valence-electron chi connectivity index (χ3n) is 4.13. The number of amides is 1. The molecule has 0 fully saturated rings. The van der Waals surface area contributed by atoms with Crippen molar-refractivity contribution in [3.63, 3.8) is 0 Å². The molecule has 0 saturated heterocycles. The van der Waals surface area contributed by atoms with Gasteiger partial charge in [0.1, 0.15) is 0 Å². The highest BCUT2D eigenvalue weighted by Gasteiger charge is 2.22. The Balaban J connectivity index is 2.24. The van der Waals surface area contributed by atoms with E-state index in [-0.39, 0.29) is 12.3 Å². The predicted molar refractivity (Wildman–Crippen MR) is 95.4 cm³/mol. The van der Waals surface area contributed by atoms with Gasteiger partial charge in [-0.15, -0.1) is 0 Å². The smallest absolute Gasteiger partial charge is 0.305 e. The number of hydrogen-bond donors (Lipinski definition) is 2. The highest BCUT2D eigenvalue weighted by Crippen LogP contribution is 2.22. The normalized spacial score (nSPS) is 12.2. The molecule has 6 nitrogen and oxygen atoms in total. The first kappa shape index (κ1) is 18.7. The average molecular weight is 343 g/mol. The Labute approximate surface area is 147 Å². The summed E-state index contributed by atoms with van der Waals surface area (Å²) in [6.07, 6.45) is 1.37. The van der Waals surface area contributed by atoms with Crippen LogP contribution in [-0.2, 0) is 11.3 Å². The van der Waals surface area contributed by atoms with Gasteiger partial charge in [0.15, 0.2) is 0 Å². The molecule has 1 aromatic heterocycles. The van der Waals surface area contributed by atoms with Crippen LogP contribution in [0.5, 0.6) is 0 Å². The van der Waals surface area contributed by atoms with Gasteiger partial charge >= 0.3 is 5.97 Å². The molecular weight excluding hydrogens is 318 g/mol. The number of aliphatic carboxylic acids is 1. The lowest BCUT2D eigenvalue weighted by Crippen LogP contribution is -2.31. The summed E-state index contributed by atoms with van der Waals surface area (Å²) in [4.78, 5) is 23.9. The Morgan fingerprint density at radius 2 is 1.92 bits per heavy atom. The van der Waals surface area contributed by atoms with E-state index in [2.05, 4.69) is 24.3 Å². The lowest BCUT2D eigenvalue weighted by atomic mass is 9.98. The van der Waals surface area contributed by atoms with E-state index in [1.807, 2.05) is 38.1 Å². The van der Waals surface area contributed by atoms with E-state index >= 15 is 0 Å². The van der Waals surface area contributed by atoms with E-state index in [1.165, 1.54) is 0 Å². The second-order valence-corrected chi connectivity index (χ2v) is 6.70. The number of nitrogens with zero attached hydrogens (tertiary/aromatic N) is 2. The molecule has 0 aliphatic rings. The molecule has 25 heavy (non-hydrogen) atoms. The third kappa shape index (κ3) is 4.68. The first-order valence-electron chi connectivity index (χ1n) is 8.40. The molecule has 1 amide bonds. The summed E-state index contributed by atoms with van der Waals surface area (Å²) < 4.78 is 1.81. The minimum absolute atomic E-state index is 0.171. The molecule has 2 aromatic rings. The Morgan fingerprint density at radius 1 is 1.24 bits per heavy atom. The number of benzene rings is 1. The molecule has 0 saturated carbocycles. The lowest BCUT2D eigenvalue weighted by Gasteiger charge is -2.19. The monoisotopic (exact) mass is 343 g/mol. The van der Waals surface area contributed by atoms with E-state index in [1.54, 1.807) is 10.9 Å². The summed E-state index contributed by atoms with van der Waals surface area (Å²) in [5.74, 6) is -0.843. The summed E-state index contributed by atoms with van der Waals surface area (Å²) in [7, 11) is 0. The minimum Gasteiger partial charge on any atom is -0.481 e. The SMILES string of the molecule is Cc1ccccc1C(CC(=O)O)NC(=O)c1cnn(CC(C)C)c1C. The molecule has 0 bridgehead atoms. The van der Waals surface area contributed by atoms with E-state index in [0.717, 1.165) is 23.4 Å². The maximum Gasteiger partial charge on any atom is 0.305 e. The molecule has 1 atom stereocenters. The van der Waals surface area contributed by atoms with Crippen LogP contribution in [0.1, 0.15) is 53.5 Å². The Morgan fingerprint density at radius 3 is 2.52 bits per heavy atom. The van der Waals surface area contributed by atoms with Crippen LogP contribution in [0.2, 0.25) is 0 Å². The van der Waals surface area contributed by atoms with E-state index in [0.29, 0.717) is 11.5 Å². The summed E-state index contributed by atoms with van der Waals surface area (Å²) in [6.45, 7) is 8.66. The van der Waals surface area contributed by atoms with Crippen LogP contribution in [-0.4, -0.2) is 26.8 Å². The number of aryl methyl sites for hydroxylation is 1. The molecule has 2 N–H and O–H groups in total. The molecule has 1 aromatic carbocycles. The van der Waals surface area contributed by atoms with Crippen molar-refractivity contribution < 1.29 is 14.7 Å². The number of carboxylic acids is 1. The minimum atomic E-state index is -0.958. The van der Waals surface area contributed by atoms with Crippen LogP contribution in [0.15, 0.2) is 30.5 Å². The number of rotatable bonds is 7. The van der Waals surface area contributed by atoms with Crippen molar-refractivity contribution in [1.29, 1.82) is 0 Å². The number of hydrogen-bond acceptors (Lipinski definition) is 3. The van der Waals surface area contributed by atoms with Gasteiger partial charge in [0, 0.05) is 12.2 Å². The van der Waals surface area contributed by atoms with Crippen molar-refractivity contribution in [3.05, 3.63) is 52.8 Å². The highest BCUT2D eigenvalue weighted by molar-refractivity contribution is 5.95. The van der Waals surface area contributed by atoms with Crippen LogP contribution in [0.25, 0.3) is 0 Å². The number of carboxylic acid groups (broad SMARTS) is 1. The molecule has 0 aliphatic heterocycles. The zero-order valence-electron chi connectivity index (χ0n) is 15.1. The molecule has 134 valence electrons. The standard InChI is InChI=1S/C19H25N3O3/c1-12(2)11-22-14(4)16(10-20-22)19(25)21-17(9-18(23)24)15-8-6-5-7-13(15)3/h5-8,10,12,17H,9,11H2,1-4H3,(H,21,25)(H,23,24). The van der Waals surface area contributed by atoms with Crippen LogP contribution < -0.4 is 5.32 Å². The fourth-order valence-corrected chi connectivity index (χ4v) is 2.83. The number of carbonyl (C=O) groups is 2. The van der Waals surface area contributed by atoms with Gasteiger partial charge in [0.05, 0.1) is 24.2 Å². The summed E-state index contributed by atoms with van der Waals surface area (Å²) in [5, 5.41) is 16.3. The largest absolute Gasteiger partial charge is 0.481 e. The summed E-state index contributed by atoms with van der Waals surface area (Å²) in [5.41, 5.74) is 3.02. The molecule has 0 spiro atoms. The van der Waals surface area contributed by atoms with Crippen molar-refractivity contribution in [2.24, 2.45) is 5.92 Å². The topological polar surface area (TPSA) is 84.2 Å². The van der Waals surface area contributed by atoms with Crippen molar-refractivity contribution in [1.82, 2.24) is 15.1 Å². The number of nitrogens with one attached hydrogen (secondary N) is 1. The van der Waals surface area contributed by atoms with Crippen LogP contribution >= 0.6 is 0 Å². The summed E-state index contributed by atoms with van der Waals surface area (Å²) in [6, 6.07) is 6.90. The van der Waals surface area contributed by atoms with Gasteiger partial charge in [-0.2, -0.15) is 5.10 Å². The third-order valence-corrected chi connectivity index (χ3v) is 4.13. The second-order valence-electron chi connectivity index (χ2n) is 6.70.